The molecule has 0 unspecified atom stereocenters. The molecule has 0 radical (unpaired) electrons. The van der Waals surface area contributed by atoms with Gasteiger partial charge in [0, 0.05) is 6.42 Å². The van der Waals surface area contributed by atoms with Crippen molar-refractivity contribution >= 4 is 11.8 Å². The lowest BCUT2D eigenvalue weighted by Crippen LogP contribution is -2.69. The summed E-state index contributed by atoms with van der Waals surface area (Å²) in [5.41, 5.74) is 0.640. The largest absolute Gasteiger partial charge is 0.324 e. The topological polar surface area (TPSA) is 0 Å². The second-order valence-electron chi connectivity index (χ2n) is 5.52. The molecule has 1 heterocycles. The van der Waals surface area contributed by atoms with Gasteiger partial charge in [0.05, 0.1) is 32.1 Å². The van der Waals surface area contributed by atoms with E-state index in [1.165, 1.54) is 42.3 Å². The average Bonchev–Trinajstić information content (AvgIpc) is 2.09. The quantitative estimate of drug-likeness (QED) is 0.586. The number of nitrogens with zero attached hydrogens (tertiary/aromatic N) is 1. The second-order valence-corrected chi connectivity index (χ2v) is 6.71. The maximum atomic E-state index is 2.39. The summed E-state index contributed by atoms with van der Waals surface area (Å²) in [6.07, 6.45) is 7.35. The third-order valence-electron chi connectivity index (χ3n) is 4.05. The predicted octanol–water partition coefficient (Wildman–Crippen LogP) is 2.51. The third kappa shape index (κ3) is 1.42. The summed E-state index contributed by atoms with van der Waals surface area (Å²) in [7, 11) is 7.16. The molecule has 1 saturated heterocycles. The maximum Gasteiger partial charge on any atom is 0.120 e. The Balaban J connectivity index is 2.18. The molecule has 0 aromatic heterocycles. The molecule has 0 spiro atoms. The lowest BCUT2D eigenvalue weighted by Gasteiger charge is -2.56. The van der Waals surface area contributed by atoms with E-state index in [-0.39, 0.29) is 0 Å². The Morgan fingerprint density at radius 1 is 1.15 bits per heavy atom. The summed E-state index contributed by atoms with van der Waals surface area (Å²) in [5.74, 6) is 1.40. The van der Waals surface area contributed by atoms with Gasteiger partial charge in [-0.05, 0) is 12.8 Å². The SMILES string of the molecule is C[N+](C)(C)[C@@]12CCCCC[C@@H]1SC2. The van der Waals surface area contributed by atoms with Gasteiger partial charge in [0.2, 0.25) is 0 Å². The molecule has 0 amide bonds. The fraction of sp³-hybridized carbons (Fsp3) is 1.00. The van der Waals surface area contributed by atoms with Gasteiger partial charge in [-0.2, -0.15) is 0 Å². The summed E-state index contributed by atoms with van der Waals surface area (Å²) in [6.45, 7) is 0. The van der Waals surface area contributed by atoms with E-state index in [0.717, 1.165) is 5.25 Å². The number of hydrogen-bond acceptors (Lipinski definition) is 1. The number of rotatable bonds is 1. The average molecular weight is 200 g/mol. The zero-order valence-corrected chi connectivity index (χ0v) is 9.99. The van der Waals surface area contributed by atoms with Crippen molar-refractivity contribution in [3.63, 3.8) is 0 Å². The Bertz CT molecular complexity index is 197. The number of hydrogen-bond donors (Lipinski definition) is 0. The van der Waals surface area contributed by atoms with Gasteiger partial charge in [-0.1, -0.05) is 12.8 Å². The molecule has 0 aromatic rings. The highest BCUT2D eigenvalue weighted by Crippen LogP contribution is 2.51. The predicted molar refractivity (Wildman–Crippen MR) is 60.1 cm³/mol. The first kappa shape index (κ1) is 9.85. The Labute approximate surface area is 86.5 Å². The van der Waals surface area contributed by atoms with Gasteiger partial charge in [0.15, 0.2) is 0 Å². The minimum Gasteiger partial charge on any atom is -0.324 e. The van der Waals surface area contributed by atoms with E-state index in [2.05, 4.69) is 32.9 Å². The van der Waals surface area contributed by atoms with E-state index in [9.17, 15) is 0 Å². The molecule has 0 N–H and O–H groups in total. The monoisotopic (exact) mass is 200 g/mol. The third-order valence-corrected chi connectivity index (χ3v) is 5.79. The molecule has 1 nitrogen and oxygen atoms in total. The first-order chi connectivity index (χ1) is 6.06. The van der Waals surface area contributed by atoms with Crippen molar-refractivity contribution in [3.05, 3.63) is 0 Å². The summed E-state index contributed by atoms with van der Waals surface area (Å²) < 4.78 is 1.19. The number of quaternary nitrogens is 1. The number of thioether (sulfide) groups is 1. The van der Waals surface area contributed by atoms with Crippen molar-refractivity contribution in [2.75, 3.05) is 26.9 Å². The van der Waals surface area contributed by atoms with Gasteiger partial charge >= 0.3 is 0 Å². The number of fused-ring (bicyclic) bond motifs is 1. The van der Waals surface area contributed by atoms with E-state index >= 15 is 0 Å². The molecule has 1 saturated carbocycles. The minimum absolute atomic E-state index is 0.640. The fourth-order valence-electron chi connectivity index (χ4n) is 2.88. The van der Waals surface area contributed by atoms with Gasteiger partial charge < -0.3 is 4.48 Å². The minimum atomic E-state index is 0.640. The summed E-state index contributed by atoms with van der Waals surface area (Å²) in [4.78, 5) is 0. The molecule has 2 heteroatoms. The van der Waals surface area contributed by atoms with Crippen LogP contribution < -0.4 is 0 Å². The molecule has 0 aromatic carbocycles. The van der Waals surface area contributed by atoms with Crippen LogP contribution in [-0.2, 0) is 0 Å². The van der Waals surface area contributed by atoms with Crippen LogP contribution in [0.4, 0.5) is 0 Å². The Morgan fingerprint density at radius 2 is 1.92 bits per heavy atom. The highest BCUT2D eigenvalue weighted by atomic mass is 32.2. The van der Waals surface area contributed by atoms with E-state index in [1.54, 1.807) is 0 Å². The van der Waals surface area contributed by atoms with Crippen molar-refractivity contribution in [1.29, 1.82) is 0 Å². The summed E-state index contributed by atoms with van der Waals surface area (Å²) in [5, 5.41) is 0.968. The van der Waals surface area contributed by atoms with Gasteiger partial charge in [-0.15, -0.1) is 11.8 Å². The molecule has 0 bridgehead atoms. The van der Waals surface area contributed by atoms with Gasteiger partial charge in [0.1, 0.15) is 5.54 Å². The van der Waals surface area contributed by atoms with E-state index in [0.29, 0.717) is 5.54 Å². The fourth-order valence-corrected chi connectivity index (χ4v) is 4.96. The zero-order valence-electron chi connectivity index (χ0n) is 9.18. The van der Waals surface area contributed by atoms with Crippen molar-refractivity contribution < 1.29 is 4.48 Å². The smallest absolute Gasteiger partial charge is 0.120 e. The molecule has 1 aliphatic heterocycles. The van der Waals surface area contributed by atoms with Crippen LogP contribution in [-0.4, -0.2) is 42.2 Å². The maximum absolute atomic E-state index is 2.39. The highest BCUT2D eigenvalue weighted by molar-refractivity contribution is 8.01. The van der Waals surface area contributed by atoms with E-state index in [4.69, 9.17) is 0 Å². The second kappa shape index (κ2) is 3.16. The van der Waals surface area contributed by atoms with Crippen LogP contribution in [0.1, 0.15) is 32.1 Å². The van der Waals surface area contributed by atoms with Crippen molar-refractivity contribution in [1.82, 2.24) is 0 Å². The molecular weight excluding hydrogens is 178 g/mol. The summed E-state index contributed by atoms with van der Waals surface area (Å²) in [6, 6.07) is 0. The highest BCUT2D eigenvalue weighted by Gasteiger charge is 2.56. The molecule has 2 atom stereocenters. The first-order valence-corrected chi connectivity index (χ1v) is 6.54. The molecule has 2 fully saturated rings. The van der Waals surface area contributed by atoms with Crippen LogP contribution in [0.25, 0.3) is 0 Å². The standard InChI is InChI=1S/C11H22NS/c1-12(2,3)11-8-6-4-5-7-10(11)13-9-11/h10H,4-9H2,1-3H3/q+1/t10-,11+/m0/s1. The first-order valence-electron chi connectivity index (χ1n) is 5.49. The lowest BCUT2D eigenvalue weighted by molar-refractivity contribution is -0.922. The van der Waals surface area contributed by atoms with Crippen LogP contribution >= 0.6 is 11.8 Å². The Morgan fingerprint density at radius 3 is 2.46 bits per heavy atom. The van der Waals surface area contributed by atoms with Crippen LogP contribution in [0.2, 0.25) is 0 Å². The molecule has 2 rings (SSSR count). The molecule has 76 valence electrons. The lowest BCUT2D eigenvalue weighted by atomic mass is 9.87. The van der Waals surface area contributed by atoms with Crippen molar-refractivity contribution in [3.8, 4) is 0 Å². The van der Waals surface area contributed by atoms with Crippen molar-refractivity contribution in [2.24, 2.45) is 0 Å². The Hall–Kier alpha value is 0.310. The van der Waals surface area contributed by atoms with E-state index in [1.807, 2.05) is 0 Å². The molecule has 13 heavy (non-hydrogen) atoms. The van der Waals surface area contributed by atoms with E-state index < -0.39 is 0 Å². The normalized spacial score (nSPS) is 40.4. The zero-order chi connectivity index (χ0) is 9.53. The van der Waals surface area contributed by atoms with Gasteiger partial charge in [-0.25, -0.2) is 0 Å². The molecular formula is C11H22NS+. The van der Waals surface area contributed by atoms with Gasteiger partial charge in [-0.3, -0.25) is 0 Å². The van der Waals surface area contributed by atoms with Crippen LogP contribution in [0.15, 0.2) is 0 Å². The van der Waals surface area contributed by atoms with Crippen molar-refractivity contribution in [2.45, 2.75) is 42.9 Å². The molecule has 2 aliphatic rings. The van der Waals surface area contributed by atoms with Crippen LogP contribution in [0, 0.1) is 0 Å². The Kier molecular flexibility index (Phi) is 2.40. The van der Waals surface area contributed by atoms with Crippen LogP contribution in [0.5, 0.6) is 0 Å². The summed E-state index contributed by atoms with van der Waals surface area (Å²) >= 11 is 2.21. The van der Waals surface area contributed by atoms with Crippen LogP contribution in [0.3, 0.4) is 0 Å². The van der Waals surface area contributed by atoms with Gasteiger partial charge in [0.25, 0.3) is 0 Å². The molecule has 1 aliphatic carbocycles.